The van der Waals surface area contributed by atoms with Gasteiger partial charge in [0.05, 0.1) is 23.5 Å². The molecule has 3 aromatic heterocycles. The van der Waals surface area contributed by atoms with Crippen molar-refractivity contribution in [3.8, 4) is 6.07 Å². The highest BCUT2D eigenvalue weighted by Gasteiger charge is 2.27. The maximum absolute atomic E-state index is 8.84. The van der Waals surface area contributed by atoms with Crippen LogP contribution in [0, 0.1) is 11.3 Å². The molecule has 4 heterocycles. The van der Waals surface area contributed by atoms with Crippen molar-refractivity contribution in [1.29, 1.82) is 5.26 Å². The Kier molecular flexibility index (Phi) is 6.56. The number of fused-ring (bicyclic) bond motifs is 1. The molecule has 0 bridgehead atoms. The third-order valence-corrected chi connectivity index (χ3v) is 4.88. The third kappa shape index (κ3) is 4.35. The molecule has 0 aromatic carbocycles. The second kappa shape index (κ2) is 9.29. The minimum absolute atomic E-state index is 0.379. The van der Waals surface area contributed by atoms with Crippen molar-refractivity contribution in [3.63, 3.8) is 0 Å². The summed E-state index contributed by atoms with van der Waals surface area (Å²) in [5.74, 6) is 0. The first-order valence-electron chi connectivity index (χ1n) is 9.83. The van der Waals surface area contributed by atoms with Gasteiger partial charge in [-0.2, -0.15) is 5.26 Å². The van der Waals surface area contributed by atoms with Crippen LogP contribution in [0.4, 0.5) is 0 Å². The monoisotopic (exact) mass is 361 g/mol. The van der Waals surface area contributed by atoms with Gasteiger partial charge in [-0.15, -0.1) is 0 Å². The van der Waals surface area contributed by atoms with Crippen molar-refractivity contribution in [1.82, 2.24) is 19.3 Å². The zero-order valence-electron chi connectivity index (χ0n) is 16.2. The van der Waals surface area contributed by atoms with Gasteiger partial charge in [-0.25, -0.2) is 4.98 Å². The summed E-state index contributed by atoms with van der Waals surface area (Å²) < 4.78 is 2.12. The van der Waals surface area contributed by atoms with Gasteiger partial charge in [-0.1, -0.05) is 26.0 Å². The van der Waals surface area contributed by atoms with Gasteiger partial charge < -0.3 is 4.40 Å². The van der Waals surface area contributed by atoms with Crippen LogP contribution in [-0.2, 0) is 13.0 Å². The molecular formula is C22H27N5. The molecule has 1 aliphatic heterocycles. The summed E-state index contributed by atoms with van der Waals surface area (Å²) in [7, 11) is 0. The first-order valence-corrected chi connectivity index (χ1v) is 9.83. The standard InChI is InChI=1S/C20H21N5.C2H6/c21-11-4-7-17-6-3-10-20-23-16(15-25(17)20)14-24-13-5-9-19(24)18-8-1-2-12-22-18;1-2/h1-3,6,8,10,12,15,19H,4-5,7,9,13-14H2;1-2H3. The number of imidazole rings is 1. The van der Waals surface area contributed by atoms with Gasteiger partial charge >= 0.3 is 0 Å². The highest BCUT2D eigenvalue weighted by molar-refractivity contribution is 5.42. The lowest BCUT2D eigenvalue weighted by atomic mass is 10.1. The molecule has 1 aliphatic rings. The van der Waals surface area contributed by atoms with E-state index in [9.17, 15) is 0 Å². The maximum atomic E-state index is 8.84. The molecule has 3 aromatic rings. The first-order chi connectivity index (χ1) is 13.3. The van der Waals surface area contributed by atoms with Gasteiger partial charge in [-0.3, -0.25) is 9.88 Å². The van der Waals surface area contributed by atoms with E-state index in [2.05, 4.69) is 44.7 Å². The number of likely N-dealkylation sites (tertiary alicyclic amines) is 1. The average Bonchev–Trinajstić information content (AvgIpc) is 3.35. The van der Waals surface area contributed by atoms with Gasteiger partial charge in [0.25, 0.3) is 0 Å². The molecule has 0 aliphatic carbocycles. The van der Waals surface area contributed by atoms with Crippen molar-refractivity contribution in [2.24, 2.45) is 0 Å². The van der Waals surface area contributed by atoms with E-state index in [4.69, 9.17) is 10.2 Å². The lowest BCUT2D eigenvalue weighted by molar-refractivity contribution is 0.242. The van der Waals surface area contributed by atoms with Crippen molar-refractivity contribution in [2.45, 2.75) is 52.1 Å². The predicted octanol–water partition coefficient (Wildman–Crippen LogP) is 4.55. The van der Waals surface area contributed by atoms with Crippen LogP contribution < -0.4 is 0 Å². The van der Waals surface area contributed by atoms with Crippen LogP contribution in [0.5, 0.6) is 0 Å². The second-order valence-electron chi connectivity index (χ2n) is 6.52. The number of pyridine rings is 2. The van der Waals surface area contributed by atoms with Crippen LogP contribution in [0.1, 0.15) is 56.2 Å². The molecular weight excluding hydrogens is 334 g/mol. The summed E-state index contributed by atoms with van der Waals surface area (Å²) in [4.78, 5) is 11.8. The van der Waals surface area contributed by atoms with Gasteiger partial charge in [0.1, 0.15) is 5.65 Å². The van der Waals surface area contributed by atoms with Gasteiger partial charge in [0.15, 0.2) is 0 Å². The molecule has 1 atom stereocenters. The zero-order valence-corrected chi connectivity index (χ0v) is 16.2. The largest absolute Gasteiger partial charge is 0.304 e. The minimum Gasteiger partial charge on any atom is -0.304 e. The van der Waals surface area contributed by atoms with E-state index in [1.807, 2.05) is 38.2 Å². The number of hydrogen-bond donors (Lipinski definition) is 0. The Morgan fingerprint density at radius 3 is 2.85 bits per heavy atom. The molecule has 4 rings (SSSR count). The van der Waals surface area contributed by atoms with E-state index in [0.717, 1.165) is 48.7 Å². The van der Waals surface area contributed by atoms with E-state index < -0.39 is 0 Å². The Balaban J connectivity index is 0.00000102. The summed E-state index contributed by atoms with van der Waals surface area (Å²) in [5.41, 5.74) is 4.32. The Hall–Kier alpha value is -2.71. The Morgan fingerprint density at radius 2 is 2.07 bits per heavy atom. The second-order valence-corrected chi connectivity index (χ2v) is 6.52. The third-order valence-electron chi connectivity index (χ3n) is 4.88. The smallest absolute Gasteiger partial charge is 0.137 e. The van der Waals surface area contributed by atoms with Crippen molar-refractivity contribution in [3.05, 3.63) is 65.9 Å². The van der Waals surface area contributed by atoms with Crippen LogP contribution >= 0.6 is 0 Å². The summed E-state index contributed by atoms with van der Waals surface area (Å²) in [6.45, 7) is 5.91. The summed E-state index contributed by atoms with van der Waals surface area (Å²) >= 11 is 0. The van der Waals surface area contributed by atoms with Crippen molar-refractivity contribution >= 4 is 5.65 Å². The minimum atomic E-state index is 0.379. The zero-order chi connectivity index (χ0) is 19.1. The molecule has 0 saturated carbocycles. The van der Waals surface area contributed by atoms with Crippen molar-refractivity contribution in [2.75, 3.05) is 6.54 Å². The molecule has 0 N–H and O–H groups in total. The number of nitrogens with zero attached hydrogens (tertiary/aromatic N) is 5. The van der Waals surface area contributed by atoms with Crippen LogP contribution in [-0.4, -0.2) is 25.8 Å². The first kappa shape index (κ1) is 19.1. The number of hydrogen-bond acceptors (Lipinski definition) is 4. The van der Waals surface area contributed by atoms with E-state index in [0.29, 0.717) is 12.5 Å². The number of nitriles is 1. The van der Waals surface area contributed by atoms with Crippen LogP contribution in [0.3, 0.4) is 0 Å². The molecule has 0 spiro atoms. The lowest BCUT2D eigenvalue weighted by Crippen LogP contribution is -2.23. The maximum Gasteiger partial charge on any atom is 0.137 e. The molecule has 1 fully saturated rings. The Morgan fingerprint density at radius 1 is 1.19 bits per heavy atom. The molecule has 5 heteroatoms. The van der Waals surface area contributed by atoms with Gasteiger partial charge in [-0.05, 0) is 43.7 Å². The molecule has 0 radical (unpaired) electrons. The summed E-state index contributed by atoms with van der Waals surface area (Å²) in [6, 6.07) is 14.9. The lowest BCUT2D eigenvalue weighted by Gasteiger charge is -2.22. The molecule has 1 unspecified atom stereocenters. The molecule has 0 amide bonds. The van der Waals surface area contributed by atoms with Crippen LogP contribution in [0.15, 0.2) is 48.8 Å². The summed E-state index contributed by atoms with van der Waals surface area (Å²) in [5, 5.41) is 8.84. The van der Waals surface area contributed by atoms with Crippen molar-refractivity contribution < 1.29 is 0 Å². The quantitative estimate of drug-likeness (QED) is 0.669. The highest BCUT2D eigenvalue weighted by Crippen LogP contribution is 2.31. The topological polar surface area (TPSA) is 57.2 Å². The summed E-state index contributed by atoms with van der Waals surface area (Å²) in [6.07, 6.45) is 7.62. The van der Waals surface area contributed by atoms with Gasteiger partial charge in [0, 0.05) is 37.5 Å². The fraction of sp³-hybridized carbons (Fsp3) is 0.409. The Bertz CT molecular complexity index is 894. The van der Waals surface area contributed by atoms with E-state index in [1.165, 1.54) is 6.42 Å². The van der Waals surface area contributed by atoms with Gasteiger partial charge in [0.2, 0.25) is 0 Å². The van der Waals surface area contributed by atoms with E-state index in [-0.39, 0.29) is 0 Å². The molecule has 140 valence electrons. The number of rotatable bonds is 5. The van der Waals surface area contributed by atoms with E-state index >= 15 is 0 Å². The molecule has 5 nitrogen and oxygen atoms in total. The molecule has 27 heavy (non-hydrogen) atoms. The molecule has 1 saturated heterocycles. The SMILES string of the molecule is CC.N#CCCc1cccc2nc(CN3CCCC3c3ccccn3)cn12. The van der Waals surface area contributed by atoms with Crippen LogP contribution in [0.25, 0.3) is 5.65 Å². The number of aryl methyl sites for hydroxylation is 1. The fourth-order valence-electron chi connectivity index (χ4n) is 3.71. The Labute approximate surface area is 161 Å². The predicted molar refractivity (Wildman–Crippen MR) is 107 cm³/mol. The average molecular weight is 361 g/mol. The number of aromatic nitrogens is 3. The van der Waals surface area contributed by atoms with E-state index in [1.54, 1.807) is 0 Å². The van der Waals surface area contributed by atoms with Crippen LogP contribution in [0.2, 0.25) is 0 Å². The highest BCUT2D eigenvalue weighted by atomic mass is 15.2. The fourth-order valence-corrected chi connectivity index (χ4v) is 3.71. The normalized spacial score (nSPS) is 16.7.